The van der Waals surface area contributed by atoms with Gasteiger partial charge in [-0.1, -0.05) is 48.5 Å². The van der Waals surface area contributed by atoms with Crippen LogP contribution in [-0.4, -0.2) is 105 Å². The van der Waals surface area contributed by atoms with Gasteiger partial charge in [0.1, 0.15) is 11.6 Å². The summed E-state index contributed by atoms with van der Waals surface area (Å²) in [4.78, 5) is 50.4. The van der Waals surface area contributed by atoms with Crippen LogP contribution in [0.15, 0.2) is 60.9 Å². The van der Waals surface area contributed by atoms with Crippen molar-refractivity contribution >= 4 is 11.8 Å². The largest absolute Gasteiger partial charge is 0.340 e. The molecule has 46 heavy (non-hydrogen) atoms. The third-order valence-corrected chi connectivity index (χ3v) is 9.88. The van der Waals surface area contributed by atoms with Crippen LogP contribution < -0.4 is 0 Å². The number of imidazole rings is 2. The van der Waals surface area contributed by atoms with Gasteiger partial charge in [-0.05, 0) is 90.0 Å². The number of carbonyl (C=O) groups excluding carboxylic acids is 2. The number of rotatable bonds is 9. The number of likely N-dealkylation sites (tertiary alicyclic amines) is 2. The summed E-state index contributed by atoms with van der Waals surface area (Å²) in [6.45, 7) is 5.44. The minimum Gasteiger partial charge on any atom is -0.340 e. The van der Waals surface area contributed by atoms with Gasteiger partial charge in [-0.3, -0.25) is 19.4 Å². The van der Waals surface area contributed by atoms with Crippen molar-refractivity contribution in [1.82, 2.24) is 39.5 Å². The second kappa shape index (κ2) is 13.2. The highest BCUT2D eigenvalue weighted by atomic mass is 16.2. The van der Waals surface area contributed by atoms with Crippen LogP contribution in [0.4, 0.5) is 0 Å². The van der Waals surface area contributed by atoms with Crippen LogP contribution in [0.5, 0.6) is 0 Å². The smallest absolute Gasteiger partial charge is 0.240 e. The second-order valence-corrected chi connectivity index (χ2v) is 13.2. The molecule has 2 aliphatic rings. The predicted molar refractivity (Wildman–Crippen MR) is 181 cm³/mol. The fraction of sp³-hybridized carbons (Fsp3) is 0.444. The number of aromatic amines is 2. The zero-order valence-corrected chi connectivity index (χ0v) is 27.8. The molecule has 0 unspecified atom stereocenters. The molecule has 6 rings (SSSR count). The van der Waals surface area contributed by atoms with Crippen molar-refractivity contribution < 1.29 is 9.59 Å². The first kappa shape index (κ1) is 31.7. The summed E-state index contributed by atoms with van der Waals surface area (Å²) in [6.07, 6.45) is 7.55. The van der Waals surface area contributed by atoms with E-state index in [2.05, 4.69) is 58.5 Å². The Morgan fingerprint density at radius 2 is 1.00 bits per heavy atom. The van der Waals surface area contributed by atoms with Gasteiger partial charge in [0.15, 0.2) is 0 Å². The average Bonchev–Trinajstić information content (AvgIpc) is 3.89. The number of aromatic nitrogens is 4. The number of nitrogens with zero attached hydrogens (tertiary/aromatic N) is 6. The molecule has 2 fully saturated rings. The van der Waals surface area contributed by atoms with E-state index in [0.717, 1.165) is 84.1 Å². The van der Waals surface area contributed by atoms with E-state index in [1.54, 1.807) is 0 Å². The first-order valence-electron chi connectivity index (χ1n) is 16.4. The number of H-pyrrole nitrogens is 2. The molecule has 4 heterocycles. The molecule has 2 aromatic carbocycles. The lowest BCUT2D eigenvalue weighted by Crippen LogP contribution is -2.44. The van der Waals surface area contributed by atoms with E-state index < -0.39 is 0 Å². The number of amides is 2. The number of hydrogen-bond donors (Lipinski definition) is 2. The van der Waals surface area contributed by atoms with Crippen molar-refractivity contribution in [2.45, 2.75) is 63.7 Å². The number of nitrogens with one attached hydrogen (secondary N) is 2. The van der Waals surface area contributed by atoms with Crippen LogP contribution >= 0.6 is 0 Å². The lowest BCUT2D eigenvalue weighted by Gasteiger charge is -2.29. The van der Waals surface area contributed by atoms with Gasteiger partial charge in [0.05, 0.1) is 47.9 Å². The maximum Gasteiger partial charge on any atom is 0.240 e. The predicted octanol–water partition coefficient (Wildman–Crippen LogP) is 5.36. The molecular weight excluding hydrogens is 576 g/mol. The second-order valence-electron chi connectivity index (χ2n) is 13.2. The maximum absolute atomic E-state index is 13.1. The van der Waals surface area contributed by atoms with Crippen molar-refractivity contribution in [2.75, 3.05) is 41.3 Å². The molecule has 4 atom stereocenters. The van der Waals surface area contributed by atoms with Crippen LogP contribution in [-0.2, 0) is 9.59 Å². The molecule has 0 bridgehead atoms. The van der Waals surface area contributed by atoms with E-state index in [9.17, 15) is 9.59 Å². The fourth-order valence-corrected chi connectivity index (χ4v) is 6.54. The number of carbonyl (C=O) groups is 2. The minimum atomic E-state index is -0.162. The molecule has 2 aromatic heterocycles. The van der Waals surface area contributed by atoms with Gasteiger partial charge in [0, 0.05) is 13.1 Å². The summed E-state index contributed by atoms with van der Waals surface area (Å²) in [7, 11) is 7.76. The third-order valence-electron chi connectivity index (χ3n) is 9.88. The Labute approximate surface area is 271 Å². The molecule has 10 nitrogen and oxygen atoms in total. The lowest BCUT2D eigenvalue weighted by molar-refractivity contribution is -0.137. The molecule has 0 radical (unpaired) electrons. The summed E-state index contributed by atoms with van der Waals surface area (Å²) >= 11 is 0. The zero-order valence-electron chi connectivity index (χ0n) is 27.8. The van der Waals surface area contributed by atoms with Crippen molar-refractivity contribution in [2.24, 2.45) is 0 Å². The quantitative estimate of drug-likeness (QED) is 0.261. The van der Waals surface area contributed by atoms with Gasteiger partial charge in [0.2, 0.25) is 11.8 Å². The molecule has 2 amide bonds. The standard InChI is InChI=1S/C36H46N8O2/c1-23(41(3)4)35(45)43-19-7-9-31(43)33-37-21-29(39-33)27-15-11-25(12-16-27)26-13-17-28(18-14-26)30-22-38-34(40-30)32-10-8-20-44(32)36(46)24(2)42(5)6/h11-18,21-24,31-32H,7-10,19-20H2,1-6H3,(H,37,39)(H,38,40)/t23-,24-,31-,32-/m0/s1. The number of benzene rings is 2. The van der Waals surface area contributed by atoms with Crippen LogP contribution in [0.25, 0.3) is 33.6 Å². The first-order chi connectivity index (χ1) is 22.1. The summed E-state index contributed by atoms with van der Waals surface area (Å²) in [5, 5.41) is 0. The number of likely N-dealkylation sites (N-methyl/N-ethyl adjacent to an activating group) is 2. The van der Waals surface area contributed by atoms with E-state index in [4.69, 9.17) is 9.97 Å². The summed E-state index contributed by atoms with van der Waals surface area (Å²) in [5.41, 5.74) is 6.26. The molecule has 2 aliphatic heterocycles. The Bertz CT molecular complexity index is 1530. The van der Waals surface area contributed by atoms with Crippen molar-refractivity contribution in [3.05, 3.63) is 72.6 Å². The topological polar surface area (TPSA) is 104 Å². The Kier molecular flexibility index (Phi) is 9.11. The van der Waals surface area contributed by atoms with E-state index in [1.165, 1.54) is 0 Å². The summed E-state index contributed by atoms with van der Waals surface area (Å²) in [6, 6.07) is 16.6. The van der Waals surface area contributed by atoms with E-state index >= 15 is 0 Å². The molecule has 0 spiro atoms. The van der Waals surface area contributed by atoms with E-state index in [0.29, 0.717) is 0 Å². The summed E-state index contributed by atoms with van der Waals surface area (Å²) < 4.78 is 0. The van der Waals surface area contributed by atoms with Crippen molar-refractivity contribution in [3.63, 3.8) is 0 Å². The van der Waals surface area contributed by atoms with Gasteiger partial charge >= 0.3 is 0 Å². The lowest BCUT2D eigenvalue weighted by atomic mass is 10.0. The molecule has 242 valence electrons. The van der Waals surface area contributed by atoms with Crippen LogP contribution in [0.2, 0.25) is 0 Å². The molecule has 10 heteroatoms. The first-order valence-corrected chi connectivity index (χ1v) is 16.4. The van der Waals surface area contributed by atoms with Crippen LogP contribution in [0, 0.1) is 0 Å². The van der Waals surface area contributed by atoms with E-state index in [1.807, 2.05) is 74.0 Å². The van der Waals surface area contributed by atoms with E-state index in [-0.39, 0.29) is 36.0 Å². The van der Waals surface area contributed by atoms with Gasteiger partial charge in [-0.15, -0.1) is 0 Å². The maximum atomic E-state index is 13.1. The highest BCUT2D eigenvalue weighted by molar-refractivity contribution is 5.82. The average molecular weight is 623 g/mol. The number of hydrogen-bond acceptors (Lipinski definition) is 6. The Morgan fingerprint density at radius 1 is 0.652 bits per heavy atom. The molecule has 0 saturated carbocycles. The van der Waals surface area contributed by atoms with Crippen LogP contribution in [0.1, 0.15) is 63.3 Å². The van der Waals surface area contributed by atoms with Gasteiger partial charge in [0.25, 0.3) is 0 Å². The SMILES string of the molecule is C[C@@H](C(=O)N1CCC[C@H]1c1ncc(-c2ccc(-c3ccc(-c4cnc([C@@H]5CCCN5C(=O)[C@H](C)N(C)C)[nH]4)cc3)cc2)[nH]1)N(C)C. The Hall–Kier alpha value is -4.28. The van der Waals surface area contributed by atoms with Gasteiger partial charge in [-0.2, -0.15) is 0 Å². The Balaban J connectivity index is 1.12. The molecule has 2 N–H and O–H groups in total. The molecule has 2 saturated heterocycles. The normalized spacial score (nSPS) is 19.7. The van der Waals surface area contributed by atoms with Crippen LogP contribution in [0.3, 0.4) is 0 Å². The monoisotopic (exact) mass is 622 g/mol. The highest BCUT2D eigenvalue weighted by Crippen LogP contribution is 2.34. The Morgan fingerprint density at radius 3 is 1.35 bits per heavy atom. The fourth-order valence-electron chi connectivity index (χ4n) is 6.54. The van der Waals surface area contributed by atoms with Crippen molar-refractivity contribution in [3.8, 4) is 33.6 Å². The molecular formula is C36H46N8O2. The van der Waals surface area contributed by atoms with Crippen molar-refractivity contribution in [1.29, 1.82) is 0 Å². The third kappa shape index (κ3) is 6.24. The van der Waals surface area contributed by atoms with Gasteiger partial charge in [-0.25, -0.2) is 9.97 Å². The zero-order chi connectivity index (χ0) is 32.5. The highest BCUT2D eigenvalue weighted by Gasteiger charge is 2.36. The molecule has 0 aliphatic carbocycles. The summed E-state index contributed by atoms with van der Waals surface area (Å²) in [5.74, 6) is 2.00. The van der Waals surface area contributed by atoms with Gasteiger partial charge < -0.3 is 19.8 Å². The molecule has 4 aromatic rings. The minimum absolute atomic E-state index is 0.0150.